The van der Waals surface area contributed by atoms with Crippen molar-refractivity contribution in [1.82, 2.24) is 4.90 Å². The zero-order valence-corrected chi connectivity index (χ0v) is 16.2. The van der Waals surface area contributed by atoms with Crippen LogP contribution in [-0.2, 0) is 16.4 Å². The van der Waals surface area contributed by atoms with Crippen LogP contribution in [-0.4, -0.2) is 43.6 Å². The summed E-state index contributed by atoms with van der Waals surface area (Å²) in [6, 6.07) is 11.3. The molecule has 1 fully saturated rings. The zero-order valence-electron chi connectivity index (χ0n) is 14.6. The van der Waals surface area contributed by atoms with Crippen LogP contribution in [0.2, 0.25) is 0 Å². The minimum Gasteiger partial charge on any atom is -0.367 e. The molecule has 9 heteroatoms. The van der Waals surface area contributed by atoms with Gasteiger partial charge in [-0.25, -0.2) is 8.42 Å². The molecule has 2 aromatic rings. The molecular formula is C17H21N3O4S2. The highest BCUT2D eigenvalue weighted by molar-refractivity contribution is 7.92. The molecule has 1 aliphatic heterocycles. The fraction of sp³-hybridized carbons (Fsp3) is 0.412. The summed E-state index contributed by atoms with van der Waals surface area (Å²) in [5.74, 6) is 0.294. The lowest BCUT2D eigenvalue weighted by Gasteiger charge is -2.17. The van der Waals surface area contributed by atoms with Crippen molar-refractivity contribution >= 4 is 31.9 Å². The molecule has 0 radical (unpaired) electrons. The third-order valence-corrected chi connectivity index (χ3v) is 7.36. The summed E-state index contributed by atoms with van der Waals surface area (Å²) < 4.78 is 23.5. The molecule has 1 N–H and O–H groups in total. The molecule has 0 aliphatic carbocycles. The molecular weight excluding hydrogens is 374 g/mol. The third kappa shape index (κ3) is 4.22. The van der Waals surface area contributed by atoms with Crippen LogP contribution in [0.3, 0.4) is 0 Å². The van der Waals surface area contributed by atoms with Gasteiger partial charge in [-0.05, 0) is 11.5 Å². The Hall–Kier alpha value is -1.97. The predicted molar refractivity (Wildman–Crippen MR) is 102 cm³/mol. The zero-order chi connectivity index (χ0) is 18.9. The number of anilines is 1. The Balaban J connectivity index is 1.74. The van der Waals surface area contributed by atoms with Crippen molar-refractivity contribution in [3.8, 4) is 0 Å². The molecule has 3 rings (SSSR count). The average molecular weight is 396 g/mol. The molecule has 0 amide bonds. The number of nitrogens with zero attached hydrogens (tertiary/aromatic N) is 2. The van der Waals surface area contributed by atoms with E-state index in [0.29, 0.717) is 10.9 Å². The third-order valence-electron chi connectivity index (χ3n) is 4.51. The van der Waals surface area contributed by atoms with E-state index in [0.717, 1.165) is 43.3 Å². The monoisotopic (exact) mass is 395 g/mol. The Kier molecular flexibility index (Phi) is 5.31. The van der Waals surface area contributed by atoms with Crippen molar-refractivity contribution in [3.63, 3.8) is 0 Å². The van der Waals surface area contributed by atoms with Gasteiger partial charge in [-0.15, -0.1) is 0 Å². The van der Waals surface area contributed by atoms with Gasteiger partial charge >= 0.3 is 5.69 Å². The van der Waals surface area contributed by atoms with E-state index < -0.39 is 14.8 Å². The SMILES string of the molecule is CC1CN(Cc2ccccc2)CC1Nc1sc(S(C)(=O)=O)cc1[N+](=O)[O-]. The van der Waals surface area contributed by atoms with Gasteiger partial charge in [0, 0.05) is 38.0 Å². The fourth-order valence-electron chi connectivity index (χ4n) is 3.18. The number of nitro groups is 1. The van der Waals surface area contributed by atoms with Crippen molar-refractivity contribution in [2.24, 2.45) is 5.92 Å². The van der Waals surface area contributed by atoms with Gasteiger partial charge in [0.25, 0.3) is 0 Å². The van der Waals surface area contributed by atoms with Gasteiger partial charge in [-0.3, -0.25) is 15.0 Å². The van der Waals surface area contributed by atoms with Crippen LogP contribution in [0.4, 0.5) is 10.7 Å². The highest BCUT2D eigenvalue weighted by atomic mass is 32.2. The van der Waals surface area contributed by atoms with E-state index in [-0.39, 0.29) is 15.9 Å². The van der Waals surface area contributed by atoms with Gasteiger partial charge in [0.2, 0.25) is 0 Å². The Morgan fingerprint density at radius 3 is 2.62 bits per heavy atom. The summed E-state index contributed by atoms with van der Waals surface area (Å²) in [5.41, 5.74) is 1.05. The van der Waals surface area contributed by atoms with E-state index in [1.165, 1.54) is 5.56 Å². The van der Waals surface area contributed by atoms with Gasteiger partial charge in [0.15, 0.2) is 14.8 Å². The molecule has 0 bridgehead atoms. The smallest absolute Gasteiger partial charge is 0.304 e. The van der Waals surface area contributed by atoms with E-state index in [9.17, 15) is 18.5 Å². The van der Waals surface area contributed by atoms with Gasteiger partial charge in [-0.1, -0.05) is 48.6 Å². The number of thiophene rings is 1. The molecule has 2 unspecified atom stereocenters. The highest BCUT2D eigenvalue weighted by Crippen LogP contribution is 2.38. The molecule has 0 saturated carbocycles. The van der Waals surface area contributed by atoms with Crippen LogP contribution >= 0.6 is 11.3 Å². The largest absolute Gasteiger partial charge is 0.367 e. The summed E-state index contributed by atoms with van der Waals surface area (Å²) in [6.45, 7) is 4.55. The quantitative estimate of drug-likeness (QED) is 0.597. The molecule has 1 saturated heterocycles. The van der Waals surface area contributed by atoms with Crippen LogP contribution in [0.5, 0.6) is 0 Å². The van der Waals surface area contributed by atoms with Crippen LogP contribution in [0.1, 0.15) is 12.5 Å². The summed E-state index contributed by atoms with van der Waals surface area (Å²) in [6.07, 6.45) is 1.06. The van der Waals surface area contributed by atoms with Crippen LogP contribution in [0, 0.1) is 16.0 Å². The second-order valence-electron chi connectivity index (χ2n) is 6.72. The lowest BCUT2D eigenvalue weighted by molar-refractivity contribution is -0.383. The van der Waals surface area contributed by atoms with Gasteiger partial charge < -0.3 is 5.32 Å². The van der Waals surface area contributed by atoms with Crippen molar-refractivity contribution < 1.29 is 13.3 Å². The Morgan fingerprint density at radius 1 is 1.31 bits per heavy atom. The molecule has 2 heterocycles. The first kappa shape index (κ1) is 18.8. The molecule has 2 atom stereocenters. The van der Waals surface area contributed by atoms with Crippen molar-refractivity contribution in [1.29, 1.82) is 0 Å². The van der Waals surface area contributed by atoms with Gasteiger partial charge in [0.1, 0.15) is 4.21 Å². The Bertz CT molecular complexity index is 896. The minimum absolute atomic E-state index is 0.0125. The Labute approximate surface area is 156 Å². The molecule has 1 aliphatic rings. The number of hydrogen-bond donors (Lipinski definition) is 1. The lowest BCUT2D eigenvalue weighted by Crippen LogP contribution is -2.27. The summed E-state index contributed by atoms with van der Waals surface area (Å²) in [7, 11) is -3.47. The molecule has 1 aromatic heterocycles. The number of hydrogen-bond acceptors (Lipinski definition) is 7. The molecule has 1 aromatic carbocycles. The highest BCUT2D eigenvalue weighted by Gasteiger charge is 2.32. The van der Waals surface area contributed by atoms with E-state index in [2.05, 4.69) is 29.3 Å². The van der Waals surface area contributed by atoms with Crippen molar-refractivity contribution in [3.05, 3.63) is 52.1 Å². The fourth-order valence-corrected chi connectivity index (χ4v) is 5.18. The number of sulfone groups is 1. The average Bonchev–Trinajstić information content (AvgIpc) is 3.13. The molecule has 26 heavy (non-hydrogen) atoms. The summed E-state index contributed by atoms with van der Waals surface area (Å²) >= 11 is 0.930. The number of benzene rings is 1. The summed E-state index contributed by atoms with van der Waals surface area (Å²) in [5, 5.41) is 14.8. The van der Waals surface area contributed by atoms with E-state index in [1.807, 2.05) is 18.2 Å². The van der Waals surface area contributed by atoms with Crippen LogP contribution in [0.15, 0.2) is 40.6 Å². The number of likely N-dealkylation sites (tertiary alicyclic amines) is 1. The second-order valence-corrected chi connectivity index (χ2v) is 10.0. The normalized spacial score (nSPS) is 21.0. The first-order chi connectivity index (χ1) is 12.2. The van der Waals surface area contributed by atoms with Gasteiger partial charge in [0.05, 0.1) is 4.92 Å². The maximum absolute atomic E-state index is 11.7. The van der Waals surface area contributed by atoms with Crippen LogP contribution in [0.25, 0.3) is 0 Å². The van der Waals surface area contributed by atoms with Crippen molar-refractivity contribution in [2.75, 3.05) is 24.7 Å². The van der Waals surface area contributed by atoms with E-state index in [4.69, 9.17) is 0 Å². The van der Waals surface area contributed by atoms with Gasteiger partial charge in [-0.2, -0.15) is 0 Å². The number of rotatable bonds is 6. The minimum atomic E-state index is -3.47. The van der Waals surface area contributed by atoms with E-state index in [1.54, 1.807) is 0 Å². The standard InChI is InChI=1S/C17H21N3O4S2/c1-12-9-19(10-13-6-4-3-5-7-13)11-14(12)18-17-15(20(21)22)8-16(25-17)26(2,23)24/h3-8,12,14,18H,9-11H2,1-2H3. The first-order valence-corrected chi connectivity index (χ1v) is 11.0. The van der Waals surface area contributed by atoms with Crippen molar-refractivity contribution in [2.45, 2.75) is 23.7 Å². The Morgan fingerprint density at radius 2 is 2.00 bits per heavy atom. The molecule has 140 valence electrons. The van der Waals surface area contributed by atoms with Crippen LogP contribution < -0.4 is 5.32 Å². The molecule has 0 spiro atoms. The van der Waals surface area contributed by atoms with E-state index >= 15 is 0 Å². The maximum Gasteiger partial charge on any atom is 0.304 e. The first-order valence-electron chi connectivity index (χ1n) is 8.25. The second kappa shape index (κ2) is 7.34. The topological polar surface area (TPSA) is 92.6 Å². The maximum atomic E-state index is 11.7. The summed E-state index contributed by atoms with van der Waals surface area (Å²) in [4.78, 5) is 13.1. The number of nitrogens with one attached hydrogen (secondary N) is 1. The predicted octanol–water partition coefficient (Wildman–Crippen LogP) is 2.99. The molecule has 7 nitrogen and oxygen atoms in total. The lowest BCUT2D eigenvalue weighted by atomic mass is 10.1.